The summed E-state index contributed by atoms with van der Waals surface area (Å²) in [5.74, 6) is -2.07. The van der Waals surface area contributed by atoms with Crippen LogP contribution in [0.4, 0.5) is 13.2 Å². The monoisotopic (exact) mass is 535 g/mol. The summed E-state index contributed by atoms with van der Waals surface area (Å²) < 4.78 is 47.9. The maximum atomic E-state index is 13.3. The Labute approximate surface area is 214 Å². The molecule has 1 aliphatic rings. The number of carbonyl (C=O) groups excluding carboxylic acids is 1. The van der Waals surface area contributed by atoms with Crippen molar-refractivity contribution in [3.05, 3.63) is 70.6 Å². The van der Waals surface area contributed by atoms with Crippen molar-refractivity contribution in [3.63, 3.8) is 0 Å². The summed E-state index contributed by atoms with van der Waals surface area (Å²) in [5, 5.41) is 25.2. The Morgan fingerprint density at radius 1 is 1.16 bits per heavy atom. The Morgan fingerprint density at radius 2 is 1.89 bits per heavy atom. The topological polar surface area (TPSA) is 105 Å². The predicted octanol–water partition coefficient (Wildman–Crippen LogP) is 5.42. The number of ether oxygens (including phenoxy) is 2. The molecule has 1 aromatic heterocycles. The predicted molar refractivity (Wildman–Crippen MR) is 131 cm³/mol. The number of aliphatic carboxylic acids is 1. The number of allylic oxidation sites excluding steroid dienone is 1. The molecule has 7 nitrogen and oxygen atoms in total. The molecule has 1 heterocycles. The van der Waals surface area contributed by atoms with E-state index in [4.69, 9.17) is 4.74 Å². The third-order valence-corrected chi connectivity index (χ3v) is 6.82. The molecule has 4 rings (SSSR count). The van der Waals surface area contributed by atoms with E-state index in [1.54, 1.807) is 25.1 Å². The first-order valence-corrected chi connectivity index (χ1v) is 12.2. The Bertz CT molecular complexity index is 1330. The molecule has 2 atom stereocenters. The van der Waals surface area contributed by atoms with E-state index in [9.17, 15) is 33.0 Å². The van der Waals surface area contributed by atoms with Gasteiger partial charge in [0.05, 0.1) is 11.2 Å². The zero-order valence-electron chi connectivity index (χ0n) is 19.7. The average Bonchev–Trinajstić information content (AvgIpc) is 3.29. The molecule has 2 aromatic carbocycles. The molecule has 0 fully saturated rings. The molecule has 0 radical (unpaired) electrons. The van der Waals surface area contributed by atoms with Crippen molar-refractivity contribution in [1.29, 1.82) is 0 Å². The molecule has 0 saturated heterocycles. The van der Waals surface area contributed by atoms with Crippen molar-refractivity contribution in [3.8, 4) is 11.5 Å². The Hall–Kier alpha value is -3.57. The minimum atomic E-state index is -4.80. The molecule has 37 heavy (non-hydrogen) atoms. The second-order valence-electron chi connectivity index (χ2n) is 8.99. The molecular formula is C26H24F3NO6S. The van der Waals surface area contributed by atoms with Gasteiger partial charge >= 0.3 is 12.3 Å². The van der Waals surface area contributed by atoms with Gasteiger partial charge in [0.2, 0.25) is 0 Å². The largest absolute Gasteiger partial charge is 0.573 e. The molecule has 3 N–H and O–H groups in total. The van der Waals surface area contributed by atoms with Gasteiger partial charge in [-0.25, -0.2) is 4.79 Å². The van der Waals surface area contributed by atoms with Crippen molar-refractivity contribution in [2.45, 2.75) is 50.8 Å². The maximum absolute atomic E-state index is 13.3. The van der Waals surface area contributed by atoms with Crippen molar-refractivity contribution in [2.75, 3.05) is 0 Å². The summed E-state index contributed by atoms with van der Waals surface area (Å²) in [6.07, 6.45) is -1.98. The number of amides is 1. The van der Waals surface area contributed by atoms with Crippen LogP contribution in [0.2, 0.25) is 0 Å². The number of carbonyl (C=O) groups is 2. The number of nitrogens with one attached hydrogen (secondary N) is 1. The van der Waals surface area contributed by atoms with E-state index < -0.39 is 29.9 Å². The summed E-state index contributed by atoms with van der Waals surface area (Å²) in [7, 11) is 0. The van der Waals surface area contributed by atoms with Crippen LogP contribution >= 0.6 is 11.3 Å². The number of aliphatic hydroxyl groups is 1. The second kappa shape index (κ2) is 10.4. The van der Waals surface area contributed by atoms with E-state index in [1.807, 2.05) is 5.38 Å². The van der Waals surface area contributed by atoms with Gasteiger partial charge in [0, 0.05) is 10.1 Å². The van der Waals surface area contributed by atoms with Gasteiger partial charge in [-0.3, -0.25) is 4.79 Å². The second-order valence-corrected chi connectivity index (χ2v) is 9.94. The summed E-state index contributed by atoms with van der Waals surface area (Å²) >= 11 is 1.43. The van der Waals surface area contributed by atoms with Gasteiger partial charge in [-0.15, -0.1) is 24.5 Å². The third-order valence-electron chi connectivity index (χ3n) is 5.94. The minimum Gasteiger partial charge on any atom is -0.487 e. The number of hydrogen-bond donors (Lipinski definition) is 3. The molecule has 1 amide bonds. The first-order chi connectivity index (χ1) is 17.4. The van der Waals surface area contributed by atoms with Gasteiger partial charge in [0.1, 0.15) is 24.1 Å². The fraction of sp³-hybridized carbons (Fsp3) is 0.308. The maximum Gasteiger partial charge on any atom is 0.573 e. The minimum absolute atomic E-state index is 0.0576. The third kappa shape index (κ3) is 6.60. The smallest absolute Gasteiger partial charge is 0.487 e. The van der Waals surface area contributed by atoms with Crippen LogP contribution in [0.3, 0.4) is 0 Å². The highest BCUT2D eigenvalue weighted by atomic mass is 32.1. The van der Waals surface area contributed by atoms with Crippen molar-refractivity contribution < 1.29 is 42.4 Å². The van der Waals surface area contributed by atoms with Crippen molar-refractivity contribution >= 4 is 33.3 Å². The molecular weight excluding hydrogens is 511 g/mol. The molecule has 196 valence electrons. The van der Waals surface area contributed by atoms with Gasteiger partial charge in [0.25, 0.3) is 5.91 Å². The molecule has 0 aliphatic heterocycles. The highest BCUT2D eigenvalue weighted by molar-refractivity contribution is 7.17. The number of carboxylic acid groups (broad SMARTS) is 1. The lowest BCUT2D eigenvalue weighted by Crippen LogP contribution is -2.45. The summed E-state index contributed by atoms with van der Waals surface area (Å²) in [4.78, 5) is 25.3. The first kappa shape index (κ1) is 26.5. The fourth-order valence-electron chi connectivity index (χ4n) is 4.21. The number of halogens is 3. The number of thiophene rings is 1. The van der Waals surface area contributed by atoms with Gasteiger partial charge in [-0.2, -0.15) is 0 Å². The van der Waals surface area contributed by atoms with E-state index in [1.165, 1.54) is 29.5 Å². The highest BCUT2D eigenvalue weighted by Gasteiger charge is 2.34. The molecule has 3 aromatic rings. The molecule has 0 saturated carbocycles. The van der Waals surface area contributed by atoms with Crippen LogP contribution in [-0.2, 0) is 11.4 Å². The van der Waals surface area contributed by atoms with Crippen LogP contribution in [0, 0.1) is 0 Å². The summed E-state index contributed by atoms with van der Waals surface area (Å²) in [6.45, 7) is 1.57. The lowest BCUT2D eigenvalue weighted by molar-refractivity contribution is -0.274. The lowest BCUT2D eigenvalue weighted by Gasteiger charge is -2.31. The van der Waals surface area contributed by atoms with Crippen LogP contribution in [0.25, 0.3) is 10.1 Å². The number of carboxylic acids is 1. The number of fused-ring (bicyclic) bond motifs is 1. The van der Waals surface area contributed by atoms with Crippen LogP contribution in [0.15, 0.2) is 59.5 Å². The number of benzene rings is 2. The molecule has 0 bridgehead atoms. The molecule has 0 spiro atoms. The summed E-state index contributed by atoms with van der Waals surface area (Å²) in [5.41, 5.74) is -0.00614. The zero-order chi connectivity index (χ0) is 26.8. The Morgan fingerprint density at radius 3 is 2.54 bits per heavy atom. The Balaban J connectivity index is 1.56. The standard InChI is InChI=1S/C26H24F3NO6S/c1-25(34)11-2-3-16(13-25)21(24(32)33)30-23(31)19-8-9-20-18(10-12-37-20)22(19)35-14-15-4-6-17(7-5-15)36-26(27,28)29/h3-10,12,21,34H,2,11,13-14H2,1H3,(H,30,31)(H,32,33)/t21-,25?/m0/s1. The Kier molecular flexibility index (Phi) is 7.47. The van der Waals surface area contributed by atoms with Crippen LogP contribution in [0.5, 0.6) is 11.5 Å². The van der Waals surface area contributed by atoms with E-state index in [0.29, 0.717) is 29.4 Å². The van der Waals surface area contributed by atoms with E-state index in [-0.39, 0.29) is 30.1 Å². The first-order valence-electron chi connectivity index (χ1n) is 11.3. The van der Waals surface area contributed by atoms with Gasteiger partial charge in [-0.05, 0) is 73.0 Å². The SMILES string of the molecule is CC1(O)CCC=C([C@H](NC(=O)c2ccc3sccc3c2OCc2ccc(OC(F)(F)F)cc2)C(=O)O)C1. The van der Waals surface area contributed by atoms with Gasteiger partial charge in [-0.1, -0.05) is 18.2 Å². The van der Waals surface area contributed by atoms with E-state index in [0.717, 1.165) is 16.8 Å². The quantitative estimate of drug-likeness (QED) is 0.333. The zero-order valence-corrected chi connectivity index (χ0v) is 20.5. The highest BCUT2D eigenvalue weighted by Crippen LogP contribution is 2.35. The molecule has 1 unspecified atom stereocenters. The number of rotatable bonds is 8. The summed E-state index contributed by atoms with van der Waals surface area (Å²) in [6, 6.07) is 8.85. The van der Waals surface area contributed by atoms with Crippen LogP contribution < -0.4 is 14.8 Å². The van der Waals surface area contributed by atoms with Crippen molar-refractivity contribution in [2.24, 2.45) is 0 Å². The molecule has 1 aliphatic carbocycles. The van der Waals surface area contributed by atoms with E-state index >= 15 is 0 Å². The van der Waals surface area contributed by atoms with Crippen molar-refractivity contribution in [1.82, 2.24) is 5.32 Å². The van der Waals surface area contributed by atoms with Crippen LogP contribution in [-0.4, -0.2) is 40.1 Å². The fourth-order valence-corrected chi connectivity index (χ4v) is 4.99. The van der Waals surface area contributed by atoms with Gasteiger partial charge in [0.15, 0.2) is 0 Å². The van der Waals surface area contributed by atoms with E-state index in [2.05, 4.69) is 10.1 Å². The molecule has 11 heteroatoms. The van der Waals surface area contributed by atoms with Gasteiger partial charge < -0.3 is 25.0 Å². The average molecular weight is 536 g/mol. The van der Waals surface area contributed by atoms with Crippen LogP contribution in [0.1, 0.15) is 42.1 Å². The number of hydrogen-bond acceptors (Lipinski definition) is 6. The number of alkyl halides is 3. The normalized spacial score (nSPS) is 18.7. The lowest BCUT2D eigenvalue weighted by atomic mass is 9.83.